The Hall–Kier alpha value is -2.63. The maximum absolute atomic E-state index is 12.8. The Morgan fingerprint density at radius 2 is 1.91 bits per heavy atom. The minimum atomic E-state index is -0.468. The van der Waals surface area contributed by atoms with Gasteiger partial charge in [-0.05, 0) is 87.4 Å². The molecule has 0 aliphatic heterocycles. The molecule has 0 unspecified atom stereocenters. The van der Waals surface area contributed by atoms with Crippen LogP contribution >= 0.6 is 50.1 Å². The Kier molecular flexibility index (Phi) is 5.56. The molecule has 0 fully saturated rings. The summed E-state index contributed by atoms with van der Waals surface area (Å²) in [5.74, 6) is 0.603. The number of aryl methyl sites for hydroxylation is 1. The number of rotatable bonds is 3. The molecule has 0 aliphatic carbocycles. The average Bonchev–Trinajstić information content (AvgIpc) is 3.16. The molecule has 0 radical (unpaired) electrons. The van der Waals surface area contributed by atoms with Crippen LogP contribution in [0.15, 0.2) is 68.7 Å². The predicted octanol–water partition coefficient (Wildman–Crippen LogP) is 5.83. The van der Waals surface area contributed by atoms with E-state index in [-0.39, 0.29) is 5.89 Å². The Balaban J connectivity index is 1.76. The molecule has 0 spiro atoms. The molecule has 7 nitrogen and oxygen atoms in total. The summed E-state index contributed by atoms with van der Waals surface area (Å²) in [5, 5.41) is 5.43. The molecule has 1 aromatic carbocycles. The van der Waals surface area contributed by atoms with Crippen LogP contribution in [0.5, 0.6) is 0 Å². The Bertz CT molecular complexity index is 1570. The molecular weight excluding hydrogens is 609 g/mol. The summed E-state index contributed by atoms with van der Waals surface area (Å²) in [6.45, 7) is 1.91. The first kappa shape index (κ1) is 21.2. The first-order valence-corrected chi connectivity index (χ1v) is 11.6. The lowest BCUT2D eigenvalue weighted by Gasteiger charge is -2.11. The lowest BCUT2D eigenvalue weighted by Crippen LogP contribution is -2.09. The summed E-state index contributed by atoms with van der Waals surface area (Å²) in [4.78, 5) is 26.3. The van der Waals surface area contributed by atoms with Gasteiger partial charge in [0.1, 0.15) is 10.3 Å². The molecule has 4 heterocycles. The van der Waals surface area contributed by atoms with Gasteiger partial charge in [-0.3, -0.25) is 4.98 Å². The molecular formula is C22H12BrClIN5O2. The molecule has 10 heteroatoms. The normalized spacial score (nSPS) is 11.2. The van der Waals surface area contributed by atoms with Gasteiger partial charge >= 0.3 is 5.63 Å². The largest absolute Gasteiger partial charge is 0.401 e. The molecule has 0 amide bonds. The zero-order chi connectivity index (χ0) is 22.4. The van der Waals surface area contributed by atoms with Gasteiger partial charge in [0.25, 0.3) is 0 Å². The van der Waals surface area contributed by atoms with Crippen molar-refractivity contribution >= 4 is 61.0 Å². The predicted molar refractivity (Wildman–Crippen MR) is 134 cm³/mol. The van der Waals surface area contributed by atoms with Crippen LogP contribution in [0.1, 0.15) is 5.56 Å². The van der Waals surface area contributed by atoms with Crippen molar-refractivity contribution in [3.8, 4) is 28.7 Å². The number of hydrogen-bond acceptors (Lipinski definition) is 6. The van der Waals surface area contributed by atoms with Crippen LogP contribution in [0.4, 0.5) is 0 Å². The minimum Gasteiger partial charge on any atom is -0.401 e. The highest BCUT2D eigenvalue weighted by Gasteiger charge is 2.21. The van der Waals surface area contributed by atoms with Crippen LogP contribution in [-0.2, 0) is 0 Å². The second-order valence-electron chi connectivity index (χ2n) is 6.90. The van der Waals surface area contributed by atoms with Crippen molar-refractivity contribution in [3.63, 3.8) is 0 Å². The molecule has 0 N–H and O–H groups in total. The van der Waals surface area contributed by atoms with Crippen LogP contribution in [0.25, 0.3) is 39.6 Å². The molecule has 0 saturated heterocycles. The lowest BCUT2D eigenvalue weighted by molar-refractivity contribution is 0.513. The Morgan fingerprint density at radius 1 is 1.12 bits per heavy atom. The van der Waals surface area contributed by atoms with Gasteiger partial charge in [0, 0.05) is 27.6 Å². The maximum Gasteiger partial charge on any atom is 0.347 e. The van der Waals surface area contributed by atoms with Gasteiger partial charge in [0.2, 0.25) is 5.89 Å². The van der Waals surface area contributed by atoms with Gasteiger partial charge < -0.3 is 4.42 Å². The van der Waals surface area contributed by atoms with E-state index in [4.69, 9.17) is 16.0 Å². The van der Waals surface area contributed by atoms with E-state index in [0.717, 1.165) is 9.13 Å². The first-order valence-electron chi connectivity index (χ1n) is 9.35. The van der Waals surface area contributed by atoms with E-state index >= 15 is 0 Å². The zero-order valence-electron chi connectivity index (χ0n) is 16.4. The van der Waals surface area contributed by atoms with Crippen molar-refractivity contribution in [2.24, 2.45) is 0 Å². The highest BCUT2D eigenvalue weighted by atomic mass is 127. The van der Waals surface area contributed by atoms with E-state index in [9.17, 15) is 4.79 Å². The molecule has 5 rings (SSSR count). The smallest absolute Gasteiger partial charge is 0.347 e. The lowest BCUT2D eigenvalue weighted by atomic mass is 10.1. The molecule has 5 aromatic rings. The molecule has 32 heavy (non-hydrogen) atoms. The van der Waals surface area contributed by atoms with Crippen molar-refractivity contribution in [1.82, 2.24) is 24.7 Å². The number of benzene rings is 1. The van der Waals surface area contributed by atoms with Crippen LogP contribution < -0.4 is 5.63 Å². The summed E-state index contributed by atoms with van der Waals surface area (Å²) < 4.78 is 8.63. The third-order valence-electron chi connectivity index (χ3n) is 4.79. The van der Waals surface area contributed by atoms with E-state index in [0.29, 0.717) is 43.3 Å². The Labute approximate surface area is 208 Å². The van der Waals surface area contributed by atoms with Gasteiger partial charge in [-0.15, -0.1) is 0 Å². The second kappa shape index (κ2) is 8.38. The first-order chi connectivity index (χ1) is 15.4. The van der Waals surface area contributed by atoms with Crippen molar-refractivity contribution in [2.45, 2.75) is 6.92 Å². The number of pyridine rings is 2. The monoisotopic (exact) mass is 619 g/mol. The van der Waals surface area contributed by atoms with Gasteiger partial charge in [0.05, 0.1) is 21.6 Å². The molecule has 0 atom stereocenters. The van der Waals surface area contributed by atoms with Gasteiger partial charge in [-0.1, -0.05) is 11.6 Å². The van der Waals surface area contributed by atoms with Gasteiger partial charge in [-0.25, -0.2) is 19.4 Å². The fourth-order valence-corrected chi connectivity index (χ4v) is 4.79. The van der Waals surface area contributed by atoms with Gasteiger partial charge in [-0.2, -0.15) is 5.10 Å². The summed E-state index contributed by atoms with van der Waals surface area (Å²) in [6.07, 6.45) is 3.30. The third kappa shape index (κ3) is 3.74. The van der Waals surface area contributed by atoms with Crippen molar-refractivity contribution in [2.75, 3.05) is 0 Å². The standard InChI is InChI=1S/C22H12BrClIN5O2/c1-11-8-12(25)9-14-18(11)28-21(32-22(14)31)16-10-17(23)29-30(16)20-13(4-2-7-27-20)19-15(24)5-3-6-26-19/h2-10H,1H3. The number of fused-ring (bicyclic) bond motifs is 1. The topological polar surface area (TPSA) is 86.7 Å². The van der Waals surface area contributed by atoms with E-state index in [1.165, 1.54) is 0 Å². The molecule has 0 saturated carbocycles. The summed E-state index contributed by atoms with van der Waals surface area (Å²) >= 11 is 12.0. The number of hydrogen-bond donors (Lipinski definition) is 0. The van der Waals surface area contributed by atoms with Crippen LogP contribution in [0.3, 0.4) is 0 Å². The average molecular weight is 621 g/mol. The van der Waals surface area contributed by atoms with Crippen LogP contribution in [0.2, 0.25) is 5.02 Å². The van der Waals surface area contributed by atoms with Crippen molar-refractivity contribution < 1.29 is 4.42 Å². The number of nitrogens with zero attached hydrogens (tertiary/aromatic N) is 5. The van der Waals surface area contributed by atoms with Crippen LogP contribution in [-0.4, -0.2) is 24.7 Å². The summed E-state index contributed by atoms with van der Waals surface area (Å²) in [6, 6.07) is 12.6. The number of halogens is 3. The highest BCUT2D eigenvalue weighted by Crippen LogP contribution is 2.32. The van der Waals surface area contributed by atoms with Gasteiger partial charge in [0.15, 0.2) is 5.82 Å². The fourth-order valence-electron chi connectivity index (χ4n) is 3.42. The SMILES string of the molecule is Cc1cc(I)cc2c(=O)oc(-c3cc(Br)nn3-c3ncccc3-c3ncccc3Cl)nc12. The quantitative estimate of drug-likeness (QED) is 0.236. The fraction of sp³-hybridized carbons (Fsp3) is 0.0455. The van der Waals surface area contributed by atoms with E-state index in [2.05, 4.69) is 58.6 Å². The Morgan fingerprint density at radius 3 is 2.72 bits per heavy atom. The third-order valence-corrected chi connectivity index (χ3v) is 6.10. The summed E-state index contributed by atoms with van der Waals surface area (Å²) in [7, 11) is 0. The maximum atomic E-state index is 12.8. The second-order valence-corrected chi connectivity index (χ2v) is 9.36. The summed E-state index contributed by atoms with van der Waals surface area (Å²) in [5.41, 5.74) is 2.68. The van der Waals surface area contributed by atoms with E-state index in [1.54, 1.807) is 47.4 Å². The molecule has 0 aliphatic rings. The molecule has 0 bridgehead atoms. The molecule has 4 aromatic heterocycles. The van der Waals surface area contributed by atoms with Crippen molar-refractivity contribution in [1.29, 1.82) is 0 Å². The highest BCUT2D eigenvalue weighted by molar-refractivity contribution is 14.1. The molecule has 158 valence electrons. The van der Waals surface area contributed by atoms with Crippen molar-refractivity contribution in [3.05, 3.63) is 84.0 Å². The minimum absolute atomic E-state index is 0.133. The number of aromatic nitrogens is 5. The zero-order valence-corrected chi connectivity index (χ0v) is 20.9. The van der Waals surface area contributed by atoms with E-state index in [1.807, 2.05) is 19.1 Å². The van der Waals surface area contributed by atoms with E-state index < -0.39 is 5.63 Å². The van der Waals surface area contributed by atoms with Crippen LogP contribution in [0, 0.1) is 10.5 Å².